The number of benzene rings is 1. The van der Waals surface area contributed by atoms with Crippen LogP contribution in [0.15, 0.2) is 24.3 Å². The van der Waals surface area contributed by atoms with Gasteiger partial charge >= 0.3 is 0 Å². The Balaban J connectivity index is 1.47. The van der Waals surface area contributed by atoms with E-state index in [1.54, 1.807) is 0 Å². The van der Waals surface area contributed by atoms with Crippen molar-refractivity contribution in [3.05, 3.63) is 29.8 Å². The molecule has 7 heteroatoms. The molecule has 4 heterocycles. The summed E-state index contributed by atoms with van der Waals surface area (Å²) in [6.45, 7) is 2.89. The minimum absolute atomic E-state index is 0.0150. The van der Waals surface area contributed by atoms with E-state index in [4.69, 9.17) is 14.2 Å². The number of nitrogens with one attached hydrogen (secondary N) is 1. The third-order valence-electron chi connectivity index (χ3n) is 7.25. The minimum atomic E-state index is -0.598. The van der Waals surface area contributed by atoms with E-state index in [0.717, 1.165) is 31.4 Å². The molecule has 2 amide bonds. The van der Waals surface area contributed by atoms with Gasteiger partial charge in [0.1, 0.15) is 12.4 Å². The zero-order chi connectivity index (χ0) is 20.7. The molecular weight excluding hydrogens is 384 g/mol. The van der Waals surface area contributed by atoms with Crippen molar-refractivity contribution in [2.24, 2.45) is 0 Å². The fourth-order valence-corrected chi connectivity index (χ4v) is 5.89. The van der Waals surface area contributed by atoms with E-state index in [-0.39, 0.29) is 43.2 Å². The van der Waals surface area contributed by atoms with Crippen LogP contribution in [0.3, 0.4) is 0 Å². The van der Waals surface area contributed by atoms with Gasteiger partial charge in [-0.05, 0) is 56.6 Å². The highest BCUT2D eigenvalue weighted by Crippen LogP contribution is 2.40. The third kappa shape index (κ3) is 3.48. The second kappa shape index (κ2) is 7.85. The molecule has 2 saturated heterocycles. The molecule has 0 radical (unpaired) electrons. The van der Waals surface area contributed by atoms with Crippen LogP contribution in [0.5, 0.6) is 5.75 Å². The fourth-order valence-electron chi connectivity index (χ4n) is 5.89. The van der Waals surface area contributed by atoms with Gasteiger partial charge in [0.05, 0.1) is 30.9 Å². The van der Waals surface area contributed by atoms with Crippen molar-refractivity contribution >= 4 is 11.8 Å². The quantitative estimate of drug-likeness (QED) is 0.703. The highest BCUT2D eigenvalue weighted by molar-refractivity contribution is 5.81. The second-order valence-corrected chi connectivity index (χ2v) is 9.20. The molecule has 1 spiro atoms. The maximum atomic E-state index is 13.3. The molecule has 1 saturated carbocycles. The van der Waals surface area contributed by atoms with Crippen LogP contribution in [0.2, 0.25) is 0 Å². The number of rotatable bonds is 0. The Kier molecular flexibility index (Phi) is 5.19. The molecule has 1 aromatic carbocycles. The van der Waals surface area contributed by atoms with Gasteiger partial charge in [-0.25, -0.2) is 0 Å². The van der Waals surface area contributed by atoms with Crippen molar-refractivity contribution in [1.29, 1.82) is 0 Å². The predicted molar refractivity (Wildman–Crippen MR) is 109 cm³/mol. The zero-order valence-corrected chi connectivity index (χ0v) is 17.5. The molecule has 1 N–H and O–H groups in total. The van der Waals surface area contributed by atoms with E-state index < -0.39 is 5.54 Å². The number of morpholine rings is 1. The van der Waals surface area contributed by atoms with Gasteiger partial charge in [-0.1, -0.05) is 18.2 Å². The van der Waals surface area contributed by atoms with Crippen LogP contribution in [0.1, 0.15) is 50.5 Å². The highest BCUT2D eigenvalue weighted by Gasteiger charge is 2.55. The minimum Gasteiger partial charge on any atom is -0.483 e. The molecule has 30 heavy (non-hydrogen) atoms. The first-order valence-corrected chi connectivity index (χ1v) is 11.1. The number of fused-ring (bicyclic) bond motifs is 5. The predicted octanol–water partition coefficient (Wildman–Crippen LogP) is 2.00. The Bertz CT molecular complexity index is 822. The van der Waals surface area contributed by atoms with Gasteiger partial charge in [-0.2, -0.15) is 0 Å². The van der Waals surface area contributed by atoms with Crippen molar-refractivity contribution in [1.82, 2.24) is 10.2 Å². The SMILES string of the molecule is CC1CC2(COCC(=O)N2)C2COC3CCC(CC3)c3ccccc3OCC(=O)N12. The Hall–Kier alpha value is -2.12. The van der Waals surface area contributed by atoms with Crippen molar-refractivity contribution in [3.63, 3.8) is 0 Å². The van der Waals surface area contributed by atoms with Crippen LogP contribution in [0.25, 0.3) is 0 Å². The van der Waals surface area contributed by atoms with E-state index in [9.17, 15) is 9.59 Å². The molecule has 1 aliphatic carbocycles. The van der Waals surface area contributed by atoms with E-state index in [1.807, 2.05) is 30.0 Å². The van der Waals surface area contributed by atoms with Crippen molar-refractivity contribution in [2.45, 2.75) is 68.7 Å². The van der Waals surface area contributed by atoms with Gasteiger partial charge in [-0.15, -0.1) is 0 Å². The molecule has 3 atom stereocenters. The highest BCUT2D eigenvalue weighted by atomic mass is 16.5. The summed E-state index contributed by atoms with van der Waals surface area (Å²) in [5, 5.41) is 3.15. The molecule has 162 valence electrons. The number of hydrogen-bond donors (Lipinski definition) is 1. The lowest BCUT2D eigenvalue weighted by molar-refractivity contribution is -0.145. The van der Waals surface area contributed by atoms with Gasteiger partial charge < -0.3 is 24.4 Å². The molecule has 0 aromatic heterocycles. The van der Waals surface area contributed by atoms with Gasteiger partial charge in [0.25, 0.3) is 5.91 Å². The van der Waals surface area contributed by atoms with Gasteiger partial charge in [0.15, 0.2) is 6.61 Å². The normalized spacial score (nSPS) is 36.8. The van der Waals surface area contributed by atoms with Crippen LogP contribution in [0.4, 0.5) is 0 Å². The fraction of sp³-hybridized carbons (Fsp3) is 0.652. The van der Waals surface area contributed by atoms with E-state index in [1.165, 1.54) is 5.56 Å². The Morgan fingerprint density at radius 2 is 1.90 bits per heavy atom. The van der Waals surface area contributed by atoms with E-state index in [2.05, 4.69) is 11.4 Å². The molecule has 4 aliphatic heterocycles. The number of para-hydroxylation sites is 1. The first kappa shape index (κ1) is 19.8. The molecule has 3 unspecified atom stereocenters. The average molecular weight is 415 g/mol. The Morgan fingerprint density at radius 1 is 1.10 bits per heavy atom. The van der Waals surface area contributed by atoms with Crippen molar-refractivity contribution in [3.8, 4) is 5.75 Å². The largest absolute Gasteiger partial charge is 0.483 e. The second-order valence-electron chi connectivity index (χ2n) is 9.20. The number of carbonyl (C=O) groups excluding carboxylic acids is 2. The summed E-state index contributed by atoms with van der Waals surface area (Å²) in [6, 6.07) is 7.79. The molecule has 1 aromatic rings. The number of nitrogens with zero attached hydrogens (tertiary/aromatic N) is 1. The summed E-state index contributed by atoms with van der Waals surface area (Å²) in [4.78, 5) is 27.3. The number of amides is 2. The lowest BCUT2D eigenvalue weighted by atomic mass is 9.82. The van der Waals surface area contributed by atoms with Gasteiger partial charge in [0, 0.05) is 6.04 Å². The summed E-state index contributed by atoms with van der Waals surface area (Å²) >= 11 is 0. The van der Waals surface area contributed by atoms with E-state index >= 15 is 0 Å². The summed E-state index contributed by atoms with van der Waals surface area (Å²) in [5.74, 6) is 1.04. The number of ether oxygens (including phenoxy) is 3. The maximum absolute atomic E-state index is 13.3. The van der Waals surface area contributed by atoms with Crippen LogP contribution in [-0.2, 0) is 19.1 Å². The average Bonchev–Trinajstić information content (AvgIpc) is 3.01. The number of carbonyl (C=O) groups is 2. The topological polar surface area (TPSA) is 77.1 Å². The first-order chi connectivity index (χ1) is 14.6. The summed E-state index contributed by atoms with van der Waals surface area (Å²) < 4.78 is 18.0. The summed E-state index contributed by atoms with van der Waals surface area (Å²) in [7, 11) is 0. The van der Waals surface area contributed by atoms with Crippen LogP contribution in [-0.4, -0.2) is 66.9 Å². The molecule has 6 rings (SSSR count). The van der Waals surface area contributed by atoms with Crippen molar-refractivity contribution in [2.75, 3.05) is 26.4 Å². The van der Waals surface area contributed by atoms with Gasteiger partial charge in [0.2, 0.25) is 5.91 Å². The molecule has 7 nitrogen and oxygen atoms in total. The molecular formula is C23H30N2O5. The van der Waals surface area contributed by atoms with Gasteiger partial charge in [-0.3, -0.25) is 9.59 Å². The lowest BCUT2D eigenvalue weighted by Gasteiger charge is -2.41. The smallest absolute Gasteiger partial charge is 0.261 e. The standard InChI is InChI=1S/C23H30N2O5/c1-15-10-23(14-28-12-21(26)24-23)20-11-29-17-8-6-16(7-9-17)18-4-2-3-5-19(18)30-13-22(27)25(15)20/h2-5,15-17,20H,6-14H2,1H3,(H,24,26). The van der Waals surface area contributed by atoms with E-state index in [0.29, 0.717) is 25.6 Å². The van der Waals surface area contributed by atoms with Crippen LogP contribution < -0.4 is 10.1 Å². The molecule has 3 fully saturated rings. The Labute approximate surface area is 177 Å². The maximum Gasteiger partial charge on any atom is 0.261 e. The zero-order valence-electron chi connectivity index (χ0n) is 17.5. The molecule has 5 aliphatic rings. The summed E-state index contributed by atoms with van der Waals surface area (Å²) in [5.41, 5.74) is 0.595. The summed E-state index contributed by atoms with van der Waals surface area (Å²) in [6.07, 6.45) is 4.92. The number of hydrogen-bond acceptors (Lipinski definition) is 5. The lowest BCUT2D eigenvalue weighted by Crippen LogP contribution is -2.65. The third-order valence-corrected chi connectivity index (χ3v) is 7.25. The molecule has 2 bridgehead atoms. The first-order valence-electron chi connectivity index (χ1n) is 11.1. The van der Waals surface area contributed by atoms with Crippen molar-refractivity contribution < 1.29 is 23.8 Å². The van der Waals surface area contributed by atoms with Crippen LogP contribution in [0, 0.1) is 0 Å². The Morgan fingerprint density at radius 3 is 2.70 bits per heavy atom. The van der Waals surface area contributed by atoms with Crippen LogP contribution >= 0.6 is 0 Å². The monoisotopic (exact) mass is 414 g/mol.